The van der Waals surface area contributed by atoms with E-state index in [-0.39, 0.29) is 11.1 Å². The molecule has 0 aliphatic carbocycles. The quantitative estimate of drug-likeness (QED) is 0.746. The Bertz CT molecular complexity index is 601. The molecule has 0 amide bonds. The normalized spacial score (nSPS) is 9.35. The van der Waals surface area contributed by atoms with Gasteiger partial charge in [0, 0.05) is 18.0 Å². The lowest BCUT2D eigenvalue weighted by Crippen LogP contribution is -1.92. The molecule has 0 fully saturated rings. The number of nitriles is 2. The minimum absolute atomic E-state index is 0.136. The number of benzene rings is 1. The highest BCUT2D eigenvalue weighted by atomic mass is 19.1. The lowest BCUT2D eigenvalue weighted by atomic mass is 10.0. The molecule has 17 heavy (non-hydrogen) atoms. The van der Waals surface area contributed by atoms with Crippen molar-refractivity contribution in [1.29, 1.82) is 10.5 Å². The Labute approximate surface area is 97.4 Å². The van der Waals surface area contributed by atoms with Crippen molar-refractivity contribution in [2.75, 3.05) is 0 Å². The highest BCUT2D eigenvalue weighted by Gasteiger charge is 2.11. The maximum atomic E-state index is 13.5. The number of aromatic nitrogens is 1. The molecule has 80 valence electrons. The van der Waals surface area contributed by atoms with E-state index >= 15 is 0 Å². The summed E-state index contributed by atoms with van der Waals surface area (Å²) in [4.78, 5) is 3.93. The minimum Gasteiger partial charge on any atom is -0.264 e. The van der Waals surface area contributed by atoms with Gasteiger partial charge in [-0.05, 0) is 23.8 Å². The molecule has 0 unspecified atom stereocenters. The topological polar surface area (TPSA) is 60.5 Å². The molecule has 3 nitrogen and oxygen atoms in total. The largest absolute Gasteiger partial charge is 0.264 e. The summed E-state index contributed by atoms with van der Waals surface area (Å²) in [7, 11) is 0. The van der Waals surface area contributed by atoms with Crippen LogP contribution in [0.2, 0.25) is 0 Å². The second kappa shape index (κ2) is 4.42. The van der Waals surface area contributed by atoms with Crippen molar-refractivity contribution in [3.05, 3.63) is 53.6 Å². The zero-order valence-electron chi connectivity index (χ0n) is 8.68. The summed E-state index contributed by atoms with van der Waals surface area (Å²) in [5.41, 5.74) is 1.07. The SMILES string of the molecule is N#Cc1cc(-c2cccnc2)cc(C#N)c1F. The van der Waals surface area contributed by atoms with Gasteiger partial charge in [0.2, 0.25) is 0 Å². The van der Waals surface area contributed by atoms with Crippen molar-refractivity contribution in [2.45, 2.75) is 0 Å². The van der Waals surface area contributed by atoms with Gasteiger partial charge in [-0.25, -0.2) is 4.39 Å². The Hall–Kier alpha value is -2.72. The molecule has 0 aliphatic rings. The van der Waals surface area contributed by atoms with Crippen molar-refractivity contribution in [1.82, 2.24) is 4.98 Å². The predicted octanol–water partition coefficient (Wildman–Crippen LogP) is 2.63. The smallest absolute Gasteiger partial charge is 0.158 e. The Morgan fingerprint density at radius 2 is 1.71 bits per heavy atom. The molecule has 2 rings (SSSR count). The standard InChI is InChI=1S/C13H6FN3/c14-13-11(6-15)4-10(5-12(13)7-16)9-2-1-3-17-8-9/h1-5,8H. The molecule has 4 heteroatoms. The number of hydrogen-bond acceptors (Lipinski definition) is 3. The molecular weight excluding hydrogens is 217 g/mol. The average Bonchev–Trinajstić information content (AvgIpc) is 2.40. The van der Waals surface area contributed by atoms with Gasteiger partial charge in [-0.1, -0.05) is 6.07 Å². The molecule has 2 aromatic rings. The maximum Gasteiger partial charge on any atom is 0.158 e. The van der Waals surface area contributed by atoms with Crippen LogP contribution in [0.5, 0.6) is 0 Å². The van der Waals surface area contributed by atoms with Gasteiger partial charge in [0.1, 0.15) is 12.1 Å². The monoisotopic (exact) mass is 223 g/mol. The van der Waals surface area contributed by atoms with Crippen LogP contribution in [0.4, 0.5) is 4.39 Å². The molecule has 1 aromatic carbocycles. The molecule has 1 heterocycles. The molecule has 0 N–H and O–H groups in total. The highest BCUT2D eigenvalue weighted by Crippen LogP contribution is 2.23. The third-order valence-electron chi connectivity index (χ3n) is 2.31. The van der Waals surface area contributed by atoms with Gasteiger partial charge in [0.15, 0.2) is 5.82 Å². The second-order valence-electron chi connectivity index (χ2n) is 3.35. The van der Waals surface area contributed by atoms with E-state index in [9.17, 15) is 4.39 Å². The molecule has 0 saturated heterocycles. The molecule has 0 atom stereocenters. The molecule has 0 spiro atoms. The summed E-state index contributed by atoms with van der Waals surface area (Å²) in [5, 5.41) is 17.6. The molecular formula is C13H6FN3. The number of pyridine rings is 1. The van der Waals surface area contributed by atoms with Gasteiger partial charge in [-0.2, -0.15) is 10.5 Å². The highest BCUT2D eigenvalue weighted by molar-refractivity contribution is 5.66. The van der Waals surface area contributed by atoms with Crippen molar-refractivity contribution in [3.63, 3.8) is 0 Å². The van der Waals surface area contributed by atoms with Crippen LogP contribution in [-0.4, -0.2) is 4.98 Å². The van der Waals surface area contributed by atoms with E-state index in [2.05, 4.69) is 4.98 Å². The summed E-state index contributed by atoms with van der Waals surface area (Å²) < 4.78 is 13.5. The summed E-state index contributed by atoms with van der Waals surface area (Å²) in [5.74, 6) is -0.775. The van der Waals surface area contributed by atoms with E-state index in [0.717, 1.165) is 5.56 Å². The van der Waals surface area contributed by atoms with Crippen LogP contribution in [0.15, 0.2) is 36.7 Å². The van der Waals surface area contributed by atoms with Gasteiger partial charge in [0.05, 0.1) is 11.1 Å². The zero-order valence-corrected chi connectivity index (χ0v) is 8.68. The lowest BCUT2D eigenvalue weighted by molar-refractivity contribution is 0.620. The van der Waals surface area contributed by atoms with Crippen molar-refractivity contribution >= 4 is 0 Å². The lowest BCUT2D eigenvalue weighted by Gasteiger charge is -2.03. The number of rotatable bonds is 1. The minimum atomic E-state index is -0.775. The summed E-state index contributed by atoms with van der Waals surface area (Å²) in [6.07, 6.45) is 3.21. The average molecular weight is 223 g/mol. The second-order valence-corrected chi connectivity index (χ2v) is 3.35. The number of halogens is 1. The first-order valence-electron chi connectivity index (χ1n) is 4.80. The van der Waals surface area contributed by atoms with Crippen LogP contribution in [0.1, 0.15) is 11.1 Å². The molecule has 0 aliphatic heterocycles. The fourth-order valence-corrected chi connectivity index (χ4v) is 1.49. The van der Waals surface area contributed by atoms with E-state index in [1.807, 2.05) is 0 Å². The van der Waals surface area contributed by atoms with Gasteiger partial charge >= 0.3 is 0 Å². The summed E-state index contributed by atoms with van der Waals surface area (Å²) in [6, 6.07) is 9.80. The van der Waals surface area contributed by atoms with Crippen molar-refractivity contribution < 1.29 is 4.39 Å². The van der Waals surface area contributed by atoms with Gasteiger partial charge in [-0.15, -0.1) is 0 Å². The van der Waals surface area contributed by atoms with Crippen LogP contribution < -0.4 is 0 Å². The van der Waals surface area contributed by atoms with Gasteiger partial charge in [0.25, 0.3) is 0 Å². The first-order valence-corrected chi connectivity index (χ1v) is 4.80. The van der Waals surface area contributed by atoms with E-state index in [0.29, 0.717) is 5.56 Å². The molecule has 1 aromatic heterocycles. The number of hydrogen-bond donors (Lipinski definition) is 0. The van der Waals surface area contributed by atoms with E-state index in [1.165, 1.54) is 12.1 Å². The third-order valence-corrected chi connectivity index (χ3v) is 2.31. The fourth-order valence-electron chi connectivity index (χ4n) is 1.49. The van der Waals surface area contributed by atoms with Crippen molar-refractivity contribution in [3.8, 4) is 23.3 Å². The van der Waals surface area contributed by atoms with Gasteiger partial charge in [-0.3, -0.25) is 4.98 Å². The Kier molecular flexibility index (Phi) is 2.81. The Morgan fingerprint density at radius 1 is 1.06 bits per heavy atom. The first kappa shape index (κ1) is 10.8. The molecule has 0 bridgehead atoms. The van der Waals surface area contributed by atoms with Crippen molar-refractivity contribution in [2.24, 2.45) is 0 Å². The van der Waals surface area contributed by atoms with Gasteiger partial charge < -0.3 is 0 Å². The molecule has 0 saturated carbocycles. The summed E-state index contributed by atoms with van der Waals surface area (Å²) in [6.45, 7) is 0. The predicted molar refractivity (Wildman–Crippen MR) is 59.1 cm³/mol. The van der Waals surface area contributed by atoms with Crippen LogP contribution in [0, 0.1) is 28.5 Å². The number of nitrogens with zero attached hydrogens (tertiary/aromatic N) is 3. The molecule has 0 radical (unpaired) electrons. The fraction of sp³-hybridized carbons (Fsp3) is 0. The zero-order chi connectivity index (χ0) is 12.3. The first-order chi connectivity index (χ1) is 8.26. The Morgan fingerprint density at radius 3 is 2.18 bits per heavy atom. The maximum absolute atomic E-state index is 13.5. The Balaban J connectivity index is 2.67. The third kappa shape index (κ3) is 1.97. The van der Waals surface area contributed by atoms with Crippen LogP contribution >= 0.6 is 0 Å². The van der Waals surface area contributed by atoms with Crippen LogP contribution in [-0.2, 0) is 0 Å². The van der Waals surface area contributed by atoms with Crippen LogP contribution in [0.3, 0.4) is 0 Å². The van der Waals surface area contributed by atoms with E-state index < -0.39 is 5.82 Å². The summed E-state index contributed by atoms with van der Waals surface area (Å²) >= 11 is 0. The van der Waals surface area contributed by atoms with E-state index in [4.69, 9.17) is 10.5 Å². The van der Waals surface area contributed by atoms with E-state index in [1.54, 1.807) is 36.7 Å². The van der Waals surface area contributed by atoms with Crippen LogP contribution in [0.25, 0.3) is 11.1 Å².